The van der Waals surface area contributed by atoms with Gasteiger partial charge in [-0.3, -0.25) is 4.99 Å². The lowest BCUT2D eigenvalue weighted by molar-refractivity contribution is 0.403. The fourth-order valence-corrected chi connectivity index (χ4v) is 4.12. The summed E-state index contributed by atoms with van der Waals surface area (Å²) in [6.07, 6.45) is 5.00. The first-order valence-electron chi connectivity index (χ1n) is 9.45. The second-order valence-corrected chi connectivity index (χ2v) is 8.31. The number of hydrogen-bond donors (Lipinski definition) is 0. The van der Waals surface area contributed by atoms with Crippen LogP contribution in [0, 0.1) is 0 Å². The second-order valence-electron chi connectivity index (χ2n) is 7.03. The maximum absolute atomic E-state index is 6.28. The summed E-state index contributed by atoms with van der Waals surface area (Å²) >= 11 is 7.93. The molecule has 29 heavy (non-hydrogen) atoms. The van der Waals surface area contributed by atoms with Crippen LogP contribution < -0.4 is 0 Å². The van der Waals surface area contributed by atoms with Crippen LogP contribution in [-0.2, 0) is 0 Å². The van der Waals surface area contributed by atoms with Crippen LogP contribution in [0.5, 0.6) is 0 Å². The summed E-state index contributed by atoms with van der Waals surface area (Å²) < 4.78 is 2.03. The highest BCUT2D eigenvalue weighted by Gasteiger charge is 2.14. The first kappa shape index (κ1) is 19.8. The van der Waals surface area contributed by atoms with Crippen LogP contribution in [0.2, 0.25) is 5.28 Å². The molecule has 0 saturated heterocycles. The van der Waals surface area contributed by atoms with Crippen LogP contribution in [0.15, 0.2) is 59.0 Å². The van der Waals surface area contributed by atoms with E-state index in [2.05, 4.69) is 45.4 Å². The van der Waals surface area contributed by atoms with Gasteiger partial charge in [0, 0.05) is 45.9 Å². The Labute approximate surface area is 179 Å². The van der Waals surface area contributed by atoms with E-state index in [1.807, 2.05) is 53.4 Å². The van der Waals surface area contributed by atoms with Gasteiger partial charge in [-0.25, -0.2) is 4.98 Å². The molecule has 4 rings (SSSR count). The number of aliphatic imine (C=N–C) groups is 1. The van der Waals surface area contributed by atoms with Crippen LogP contribution >= 0.6 is 22.9 Å². The number of hydrogen-bond acceptors (Lipinski definition) is 5. The molecule has 1 aromatic carbocycles. The van der Waals surface area contributed by atoms with Crippen molar-refractivity contribution >= 4 is 40.2 Å². The van der Waals surface area contributed by atoms with Gasteiger partial charge in [-0.2, -0.15) is 4.98 Å². The third-order valence-corrected chi connectivity index (χ3v) is 5.59. The molecule has 0 N–H and O–H groups in total. The minimum Gasteiger partial charge on any atom is -0.309 e. The Morgan fingerprint density at radius 1 is 1.17 bits per heavy atom. The first-order chi connectivity index (χ1) is 14.1. The Bertz CT molecular complexity index is 1130. The van der Waals surface area contributed by atoms with Gasteiger partial charge < -0.3 is 9.47 Å². The highest BCUT2D eigenvalue weighted by atomic mass is 35.5. The summed E-state index contributed by atoms with van der Waals surface area (Å²) in [6, 6.07) is 14.3. The molecule has 0 fully saturated rings. The first-order valence-corrected chi connectivity index (χ1v) is 10.7. The van der Waals surface area contributed by atoms with Gasteiger partial charge in [-0.05, 0) is 62.9 Å². The van der Waals surface area contributed by atoms with Gasteiger partial charge in [0.15, 0.2) is 0 Å². The van der Waals surface area contributed by atoms with E-state index in [0.717, 1.165) is 52.4 Å². The number of rotatable bonds is 7. The van der Waals surface area contributed by atoms with Gasteiger partial charge in [0.2, 0.25) is 5.28 Å². The third-order valence-electron chi connectivity index (χ3n) is 4.56. The molecular weight excluding hydrogens is 402 g/mol. The predicted molar refractivity (Wildman–Crippen MR) is 123 cm³/mol. The van der Waals surface area contributed by atoms with Crippen molar-refractivity contribution in [2.24, 2.45) is 4.99 Å². The van der Waals surface area contributed by atoms with E-state index in [4.69, 9.17) is 11.6 Å². The highest BCUT2D eigenvalue weighted by Crippen LogP contribution is 2.32. The van der Waals surface area contributed by atoms with Crippen molar-refractivity contribution in [2.45, 2.75) is 6.42 Å². The van der Waals surface area contributed by atoms with Crippen molar-refractivity contribution in [2.75, 3.05) is 27.2 Å². The molecule has 5 nitrogen and oxygen atoms in total. The van der Waals surface area contributed by atoms with E-state index < -0.39 is 0 Å². The van der Waals surface area contributed by atoms with E-state index in [0.29, 0.717) is 0 Å². The highest BCUT2D eigenvalue weighted by molar-refractivity contribution is 7.12. The van der Waals surface area contributed by atoms with Crippen LogP contribution in [0.4, 0.5) is 0 Å². The lowest BCUT2D eigenvalue weighted by atomic mass is 10.1. The molecule has 0 aliphatic rings. The zero-order valence-corrected chi connectivity index (χ0v) is 18.0. The molecular formula is C22H22ClN5S. The topological polar surface area (TPSA) is 46.3 Å². The number of fused-ring (bicyclic) bond motifs is 1. The van der Waals surface area contributed by atoms with Crippen molar-refractivity contribution in [3.63, 3.8) is 0 Å². The largest absolute Gasteiger partial charge is 0.309 e. The van der Waals surface area contributed by atoms with Crippen LogP contribution in [0.1, 0.15) is 11.3 Å². The lowest BCUT2D eigenvalue weighted by Gasteiger charge is -2.06. The Balaban J connectivity index is 1.63. The van der Waals surface area contributed by atoms with Crippen molar-refractivity contribution in [1.82, 2.24) is 19.4 Å². The van der Waals surface area contributed by atoms with E-state index in [-0.39, 0.29) is 5.28 Å². The molecule has 148 valence electrons. The Morgan fingerprint density at radius 2 is 2.00 bits per heavy atom. The number of para-hydroxylation sites is 1. The van der Waals surface area contributed by atoms with Gasteiger partial charge in [0.25, 0.3) is 0 Å². The molecule has 4 aromatic rings. The Kier molecular flexibility index (Phi) is 6.04. The molecule has 3 heterocycles. The molecule has 0 radical (unpaired) electrons. The van der Waals surface area contributed by atoms with Crippen LogP contribution in [-0.4, -0.2) is 52.8 Å². The smallest absolute Gasteiger partial charge is 0.224 e. The maximum Gasteiger partial charge on any atom is 0.224 e. The van der Waals surface area contributed by atoms with Gasteiger partial charge in [0.05, 0.1) is 5.69 Å². The lowest BCUT2D eigenvalue weighted by Crippen LogP contribution is -2.13. The predicted octanol–water partition coefficient (Wildman–Crippen LogP) is 5.17. The minimum absolute atomic E-state index is 0.244. The Hall–Kier alpha value is -2.54. The van der Waals surface area contributed by atoms with E-state index in [1.54, 1.807) is 11.3 Å². The molecule has 0 spiro atoms. The summed E-state index contributed by atoms with van der Waals surface area (Å²) in [5, 5.41) is 3.32. The molecule has 3 aromatic heterocycles. The summed E-state index contributed by atoms with van der Waals surface area (Å²) in [4.78, 5) is 16.8. The van der Waals surface area contributed by atoms with Gasteiger partial charge in [-0.15, -0.1) is 11.3 Å². The Morgan fingerprint density at radius 3 is 2.79 bits per heavy atom. The zero-order valence-electron chi connectivity index (χ0n) is 16.4. The van der Waals surface area contributed by atoms with Crippen molar-refractivity contribution in [1.29, 1.82) is 0 Å². The number of aromatic nitrogens is 3. The van der Waals surface area contributed by atoms with Crippen molar-refractivity contribution in [3.05, 3.63) is 64.2 Å². The average Bonchev–Trinajstić information content (AvgIpc) is 3.34. The molecule has 0 saturated carbocycles. The fourth-order valence-electron chi connectivity index (χ4n) is 3.18. The summed E-state index contributed by atoms with van der Waals surface area (Å²) in [5.41, 5.74) is 3.72. The van der Waals surface area contributed by atoms with E-state index >= 15 is 0 Å². The summed E-state index contributed by atoms with van der Waals surface area (Å²) in [6.45, 7) is 1.87. The van der Waals surface area contributed by atoms with Crippen molar-refractivity contribution < 1.29 is 0 Å². The maximum atomic E-state index is 6.28. The van der Waals surface area contributed by atoms with Gasteiger partial charge in [-0.1, -0.05) is 18.2 Å². The molecule has 7 heteroatoms. The van der Waals surface area contributed by atoms with Gasteiger partial charge >= 0.3 is 0 Å². The number of halogens is 1. The molecule has 0 aliphatic carbocycles. The fraction of sp³-hybridized carbons (Fsp3) is 0.227. The third kappa shape index (κ3) is 4.56. The SMILES string of the molecule is CN(C)CCCN=Cc1cc(-c2nc(Cl)nc3c2ccn3-c2ccccc2)cs1. The molecule has 0 unspecified atom stereocenters. The zero-order chi connectivity index (χ0) is 20.2. The van der Waals surface area contributed by atoms with Gasteiger partial charge in [0.1, 0.15) is 5.65 Å². The normalized spacial score (nSPS) is 11.9. The summed E-state index contributed by atoms with van der Waals surface area (Å²) in [7, 11) is 4.15. The standard InChI is InChI=1S/C22H22ClN5S/c1-27(2)11-6-10-24-14-18-13-16(15-29-18)20-19-9-12-28(17-7-4-3-5-8-17)21(19)26-22(23)25-20/h3-5,7-9,12-15H,6,10-11H2,1-2H3. The van der Waals surface area contributed by atoms with Crippen LogP contribution in [0.3, 0.4) is 0 Å². The molecule has 0 amide bonds. The molecule has 0 atom stereocenters. The average molecular weight is 424 g/mol. The van der Waals surface area contributed by atoms with Crippen molar-refractivity contribution in [3.8, 4) is 16.9 Å². The second kappa shape index (κ2) is 8.86. The quantitative estimate of drug-likeness (QED) is 0.234. The minimum atomic E-state index is 0.244. The number of benzene rings is 1. The number of nitrogens with zero attached hydrogens (tertiary/aromatic N) is 5. The van der Waals surface area contributed by atoms with E-state index in [1.165, 1.54) is 0 Å². The van der Waals surface area contributed by atoms with Crippen LogP contribution in [0.25, 0.3) is 28.0 Å². The molecule has 0 aliphatic heterocycles. The molecule has 0 bridgehead atoms. The number of thiophene rings is 1. The monoisotopic (exact) mass is 423 g/mol. The summed E-state index contributed by atoms with van der Waals surface area (Å²) in [5.74, 6) is 0. The van der Waals surface area contributed by atoms with E-state index in [9.17, 15) is 0 Å².